The summed E-state index contributed by atoms with van der Waals surface area (Å²) in [6.45, 7) is 1.78. The maximum Gasteiger partial charge on any atom is 0.222 e. The molecular formula is C19H23ClN4O2. The van der Waals surface area contributed by atoms with Crippen molar-refractivity contribution in [1.82, 2.24) is 14.9 Å². The Hall–Kier alpha value is -2.18. The van der Waals surface area contributed by atoms with Crippen LogP contribution in [0.3, 0.4) is 0 Å². The third-order valence-corrected chi connectivity index (χ3v) is 4.99. The van der Waals surface area contributed by atoms with Crippen LogP contribution in [-0.4, -0.2) is 45.5 Å². The zero-order valence-electron chi connectivity index (χ0n) is 14.6. The predicted molar refractivity (Wildman–Crippen MR) is 101 cm³/mol. The number of anilines is 1. The highest BCUT2D eigenvalue weighted by molar-refractivity contribution is 6.30. The van der Waals surface area contributed by atoms with Crippen LogP contribution in [0.5, 0.6) is 0 Å². The fourth-order valence-corrected chi connectivity index (χ4v) is 3.29. The van der Waals surface area contributed by atoms with Gasteiger partial charge < -0.3 is 15.3 Å². The first-order valence-electron chi connectivity index (χ1n) is 8.84. The van der Waals surface area contributed by atoms with Crippen molar-refractivity contribution in [2.75, 3.05) is 25.0 Å². The lowest BCUT2D eigenvalue weighted by Crippen LogP contribution is -2.45. The molecule has 7 heteroatoms. The molecule has 0 unspecified atom stereocenters. The van der Waals surface area contributed by atoms with Crippen LogP contribution in [0.1, 0.15) is 31.2 Å². The first-order chi connectivity index (χ1) is 12.6. The summed E-state index contributed by atoms with van der Waals surface area (Å²) in [6.07, 6.45) is 5.62. The molecule has 0 atom stereocenters. The van der Waals surface area contributed by atoms with E-state index in [1.807, 2.05) is 17.0 Å². The lowest BCUT2D eigenvalue weighted by Gasteiger charge is -2.38. The Bertz CT molecular complexity index is 716. The van der Waals surface area contributed by atoms with Crippen molar-refractivity contribution in [3.63, 3.8) is 0 Å². The van der Waals surface area contributed by atoms with Gasteiger partial charge in [-0.2, -0.15) is 0 Å². The largest absolute Gasteiger partial charge is 0.385 e. The quantitative estimate of drug-likeness (QED) is 0.760. The molecule has 0 spiro atoms. The van der Waals surface area contributed by atoms with Crippen LogP contribution >= 0.6 is 11.6 Å². The molecule has 2 aromatic rings. The van der Waals surface area contributed by atoms with Crippen LogP contribution in [0.15, 0.2) is 42.7 Å². The van der Waals surface area contributed by atoms with Crippen molar-refractivity contribution in [2.24, 2.45) is 0 Å². The third-order valence-electron chi connectivity index (χ3n) is 4.74. The van der Waals surface area contributed by atoms with Crippen LogP contribution < -0.4 is 5.32 Å². The van der Waals surface area contributed by atoms with E-state index < -0.39 is 5.60 Å². The summed E-state index contributed by atoms with van der Waals surface area (Å²) in [7, 11) is 0. The van der Waals surface area contributed by atoms with Crippen LogP contribution in [0.2, 0.25) is 5.02 Å². The molecule has 0 saturated carbocycles. The average molecular weight is 375 g/mol. The molecule has 1 saturated heterocycles. The van der Waals surface area contributed by atoms with E-state index in [4.69, 9.17) is 11.6 Å². The van der Waals surface area contributed by atoms with Gasteiger partial charge in [0.1, 0.15) is 0 Å². The van der Waals surface area contributed by atoms with Crippen molar-refractivity contribution in [3.05, 3.63) is 53.3 Å². The fraction of sp³-hybridized carbons (Fsp3) is 0.421. The lowest BCUT2D eigenvalue weighted by atomic mass is 9.84. The minimum absolute atomic E-state index is 0.124. The van der Waals surface area contributed by atoms with Gasteiger partial charge in [-0.15, -0.1) is 0 Å². The molecule has 26 heavy (non-hydrogen) atoms. The van der Waals surface area contributed by atoms with Crippen molar-refractivity contribution < 1.29 is 9.90 Å². The van der Waals surface area contributed by atoms with Gasteiger partial charge in [0.05, 0.1) is 5.60 Å². The Morgan fingerprint density at radius 3 is 2.50 bits per heavy atom. The summed E-state index contributed by atoms with van der Waals surface area (Å²) < 4.78 is 0. The second kappa shape index (κ2) is 8.47. The number of halogens is 1. The summed E-state index contributed by atoms with van der Waals surface area (Å²) >= 11 is 5.91. The van der Waals surface area contributed by atoms with Crippen molar-refractivity contribution in [2.45, 2.75) is 31.3 Å². The summed E-state index contributed by atoms with van der Waals surface area (Å²) in [5, 5.41) is 14.6. The number of likely N-dealkylation sites (tertiary alicyclic amines) is 1. The number of hydrogen-bond donors (Lipinski definition) is 2. The number of aliphatic hydroxyl groups is 1. The van der Waals surface area contributed by atoms with Gasteiger partial charge in [-0.05, 0) is 43.0 Å². The number of rotatable bonds is 6. The number of carbonyl (C=O) groups is 1. The van der Waals surface area contributed by atoms with Crippen LogP contribution in [0, 0.1) is 0 Å². The Morgan fingerprint density at radius 2 is 1.85 bits per heavy atom. The number of nitrogens with one attached hydrogen (secondary N) is 1. The molecule has 138 valence electrons. The van der Waals surface area contributed by atoms with Gasteiger partial charge in [-0.1, -0.05) is 23.7 Å². The molecule has 2 heterocycles. The maximum absolute atomic E-state index is 12.4. The second-order valence-electron chi connectivity index (χ2n) is 6.52. The highest BCUT2D eigenvalue weighted by atomic mass is 35.5. The van der Waals surface area contributed by atoms with Crippen molar-refractivity contribution in [3.8, 4) is 0 Å². The van der Waals surface area contributed by atoms with Gasteiger partial charge in [-0.25, -0.2) is 9.97 Å². The SMILES string of the molecule is O=C(CCCNc1ncccn1)N1CCC(O)(c2ccc(Cl)cc2)CC1. The summed E-state index contributed by atoms with van der Waals surface area (Å²) in [6, 6.07) is 9.05. The Labute approximate surface area is 158 Å². The standard InChI is InChI=1S/C19H23ClN4O2/c20-16-6-4-15(5-7-16)19(26)8-13-24(14-9-19)17(25)3-1-10-21-18-22-11-2-12-23-18/h2,4-7,11-12,26H,1,3,8-10,13-14H2,(H,21,22,23). The van der Waals surface area contributed by atoms with E-state index in [2.05, 4.69) is 15.3 Å². The molecule has 1 aromatic carbocycles. The number of benzene rings is 1. The molecule has 3 rings (SSSR count). The van der Waals surface area contributed by atoms with E-state index >= 15 is 0 Å². The van der Waals surface area contributed by atoms with E-state index in [0.717, 1.165) is 12.0 Å². The summed E-state index contributed by atoms with van der Waals surface area (Å²) in [5.41, 5.74) is -0.0193. The Morgan fingerprint density at radius 1 is 1.19 bits per heavy atom. The molecule has 1 aliphatic heterocycles. The number of carbonyl (C=O) groups excluding carboxylic acids is 1. The maximum atomic E-state index is 12.4. The lowest BCUT2D eigenvalue weighted by molar-refractivity contribution is -0.135. The Kier molecular flexibility index (Phi) is 6.06. The van der Waals surface area contributed by atoms with Crippen molar-refractivity contribution >= 4 is 23.5 Å². The van der Waals surface area contributed by atoms with Crippen molar-refractivity contribution in [1.29, 1.82) is 0 Å². The fourth-order valence-electron chi connectivity index (χ4n) is 3.16. The molecule has 0 bridgehead atoms. The molecule has 0 aliphatic carbocycles. The van der Waals surface area contributed by atoms with E-state index in [-0.39, 0.29) is 5.91 Å². The zero-order valence-corrected chi connectivity index (χ0v) is 15.3. The minimum Gasteiger partial charge on any atom is -0.385 e. The summed E-state index contributed by atoms with van der Waals surface area (Å²) in [4.78, 5) is 22.4. The molecule has 2 N–H and O–H groups in total. The zero-order chi connectivity index (χ0) is 18.4. The van der Waals surface area contributed by atoms with E-state index in [1.54, 1.807) is 30.6 Å². The van der Waals surface area contributed by atoms with Gasteiger partial charge in [-0.3, -0.25) is 4.79 Å². The highest BCUT2D eigenvalue weighted by Gasteiger charge is 2.35. The van der Waals surface area contributed by atoms with Gasteiger partial charge in [0, 0.05) is 43.5 Å². The molecular weight excluding hydrogens is 352 g/mol. The molecule has 0 radical (unpaired) electrons. The average Bonchev–Trinajstić information content (AvgIpc) is 2.67. The number of amides is 1. The Balaban J connectivity index is 1.42. The first kappa shape index (κ1) is 18.6. The van der Waals surface area contributed by atoms with Gasteiger partial charge in [0.15, 0.2) is 0 Å². The van der Waals surface area contributed by atoms with E-state index in [1.165, 1.54) is 0 Å². The number of nitrogens with zero attached hydrogens (tertiary/aromatic N) is 3. The van der Waals surface area contributed by atoms with E-state index in [0.29, 0.717) is 49.9 Å². The monoisotopic (exact) mass is 374 g/mol. The molecule has 1 fully saturated rings. The number of piperidine rings is 1. The minimum atomic E-state index is -0.881. The van der Waals surface area contributed by atoms with Crippen LogP contribution in [-0.2, 0) is 10.4 Å². The molecule has 1 amide bonds. The molecule has 1 aliphatic rings. The predicted octanol–water partition coefficient (Wildman–Crippen LogP) is 2.83. The molecule has 1 aromatic heterocycles. The number of hydrogen-bond acceptors (Lipinski definition) is 5. The van der Waals surface area contributed by atoms with Crippen LogP contribution in [0.25, 0.3) is 0 Å². The van der Waals surface area contributed by atoms with Gasteiger partial charge in [0.2, 0.25) is 11.9 Å². The normalized spacial score (nSPS) is 16.3. The topological polar surface area (TPSA) is 78.4 Å². The third kappa shape index (κ3) is 4.71. The highest BCUT2D eigenvalue weighted by Crippen LogP contribution is 2.33. The smallest absolute Gasteiger partial charge is 0.222 e. The summed E-state index contributed by atoms with van der Waals surface area (Å²) in [5.74, 6) is 0.699. The number of aromatic nitrogens is 2. The van der Waals surface area contributed by atoms with Gasteiger partial charge in [0.25, 0.3) is 0 Å². The van der Waals surface area contributed by atoms with Gasteiger partial charge >= 0.3 is 0 Å². The van der Waals surface area contributed by atoms with Crippen LogP contribution in [0.4, 0.5) is 5.95 Å². The second-order valence-corrected chi connectivity index (χ2v) is 6.96. The van der Waals surface area contributed by atoms with E-state index in [9.17, 15) is 9.90 Å². The molecule has 6 nitrogen and oxygen atoms in total. The first-order valence-corrected chi connectivity index (χ1v) is 9.22.